The SMILES string of the molecule is CCN[C@@H](CC)C(=O)N[C@H]1CCc2ccccc2N(Cc2c(OC)ccc3cc(Br)ccc23)C1=O. The fraction of sp³-hybridized carbons (Fsp3) is 0.357. The lowest BCUT2D eigenvalue weighted by atomic mass is 10.0. The maximum absolute atomic E-state index is 13.9. The predicted molar refractivity (Wildman–Crippen MR) is 144 cm³/mol. The Morgan fingerprint density at radius 1 is 1.17 bits per heavy atom. The van der Waals surface area contributed by atoms with Gasteiger partial charge in [0.05, 0.1) is 19.7 Å². The van der Waals surface area contributed by atoms with Gasteiger partial charge in [-0.15, -0.1) is 0 Å². The Hall–Kier alpha value is -2.90. The Labute approximate surface area is 215 Å². The van der Waals surface area contributed by atoms with Crippen molar-refractivity contribution in [2.24, 2.45) is 0 Å². The highest BCUT2D eigenvalue weighted by Gasteiger charge is 2.33. The number of nitrogens with zero attached hydrogens (tertiary/aromatic N) is 1. The van der Waals surface area contributed by atoms with Crippen molar-refractivity contribution in [2.75, 3.05) is 18.6 Å². The summed E-state index contributed by atoms with van der Waals surface area (Å²) in [5.41, 5.74) is 2.91. The molecular weight excluding hydrogens is 506 g/mol. The third kappa shape index (κ3) is 5.36. The van der Waals surface area contributed by atoms with Crippen molar-refractivity contribution in [3.63, 3.8) is 0 Å². The summed E-state index contributed by atoms with van der Waals surface area (Å²) in [7, 11) is 1.65. The van der Waals surface area contributed by atoms with E-state index < -0.39 is 6.04 Å². The molecule has 1 heterocycles. The van der Waals surface area contributed by atoms with Gasteiger partial charge in [0.2, 0.25) is 11.8 Å². The average molecular weight is 538 g/mol. The van der Waals surface area contributed by atoms with Crippen LogP contribution in [0.2, 0.25) is 0 Å². The number of para-hydroxylation sites is 1. The normalized spacial score (nSPS) is 16.5. The Bertz CT molecular complexity index is 1230. The van der Waals surface area contributed by atoms with Crippen molar-refractivity contribution < 1.29 is 14.3 Å². The van der Waals surface area contributed by atoms with Gasteiger partial charge in [-0.05, 0) is 66.4 Å². The molecule has 0 radical (unpaired) electrons. The van der Waals surface area contributed by atoms with Crippen LogP contribution in [0.15, 0.2) is 59.1 Å². The van der Waals surface area contributed by atoms with Crippen molar-refractivity contribution in [1.82, 2.24) is 10.6 Å². The van der Waals surface area contributed by atoms with E-state index in [2.05, 4.69) is 38.7 Å². The summed E-state index contributed by atoms with van der Waals surface area (Å²) in [6.45, 7) is 4.98. The van der Waals surface area contributed by atoms with Crippen LogP contribution in [0.4, 0.5) is 5.69 Å². The lowest BCUT2D eigenvalue weighted by molar-refractivity contribution is -0.129. The molecule has 0 saturated heterocycles. The molecule has 6 nitrogen and oxygen atoms in total. The van der Waals surface area contributed by atoms with Crippen LogP contribution in [0, 0.1) is 0 Å². The minimum atomic E-state index is -0.599. The lowest BCUT2D eigenvalue weighted by Crippen LogP contribution is -2.53. The first kappa shape index (κ1) is 25.2. The molecule has 0 spiro atoms. The lowest BCUT2D eigenvalue weighted by Gasteiger charge is -2.28. The van der Waals surface area contributed by atoms with Gasteiger partial charge in [0.1, 0.15) is 11.8 Å². The largest absolute Gasteiger partial charge is 0.496 e. The first-order valence-electron chi connectivity index (χ1n) is 12.1. The molecule has 0 fully saturated rings. The molecule has 0 bridgehead atoms. The number of amides is 2. The van der Waals surface area contributed by atoms with Crippen molar-refractivity contribution in [1.29, 1.82) is 0 Å². The molecule has 35 heavy (non-hydrogen) atoms. The van der Waals surface area contributed by atoms with Gasteiger partial charge >= 0.3 is 0 Å². The zero-order valence-electron chi connectivity index (χ0n) is 20.4. The number of rotatable bonds is 8. The first-order chi connectivity index (χ1) is 17.0. The molecule has 1 aliphatic heterocycles. The van der Waals surface area contributed by atoms with E-state index in [-0.39, 0.29) is 17.9 Å². The van der Waals surface area contributed by atoms with Crippen LogP contribution < -0.4 is 20.3 Å². The quantitative estimate of drug-likeness (QED) is 0.425. The maximum Gasteiger partial charge on any atom is 0.249 e. The fourth-order valence-electron chi connectivity index (χ4n) is 4.81. The molecule has 0 aromatic heterocycles. The Kier molecular flexibility index (Phi) is 8.08. The van der Waals surface area contributed by atoms with Crippen LogP contribution in [0.3, 0.4) is 0 Å². The van der Waals surface area contributed by atoms with Crippen LogP contribution >= 0.6 is 15.9 Å². The molecule has 0 aliphatic carbocycles. The van der Waals surface area contributed by atoms with E-state index in [0.717, 1.165) is 37.8 Å². The number of hydrogen-bond acceptors (Lipinski definition) is 4. The number of fused-ring (bicyclic) bond motifs is 2. The summed E-state index contributed by atoms with van der Waals surface area (Å²) in [6.07, 6.45) is 1.93. The highest BCUT2D eigenvalue weighted by Crippen LogP contribution is 2.35. The van der Waals surface area contributed by atoms with E-state index in [1.807, 2.05) is 56.3 Å². The van der Waals surface area contributed by atoms with Gasteiger partial charge in [-0.25, -0.2) is 0 Å². The minimum absolute atomic E-state index is 0.106. The smallest absolute Gasteiger partial charge is 0.249 e. The number of likely N-dealkylation sites (N-methyl/N-ethyl adjacent to an activating group) is 1. The topological polar surface area (TPSA) is 70.7 Å². The van der Waals surface area contributed by atoms with Crippen molar-refractivity contribution in [2.45, 2.75) is 51.7 Å². The zero-order valence-corrected chi connectivity index (χ0v) is 22.0. The summed E-state index contributed by atoms with van der Waals surface area (Å²) >= 11 is 3.55. The number of halogens is 1. The van der Waals surface area contributed by atoms with E-state index in [9.17, 15) is 9.59 Å². The Morgan fingerprint density at radius 3 is 2.71 bits per heavy atom. The van der Waals surface area contributed by atoms with Crippen LogP contribution in [-0.4, -0.2) is 37.6 Å². The van der Waals surface area contributed by atoms with Gasteiger partial charge in [0.15, 0.2) is 0 Å². The van der Waals surface area contributed by atoms with Crippen LogP contribution in [0.5, 0.6) is 5.75 Å². The molecule has 3 aromatic carbocycles. The molecule has 7 heteroatoms. The monoisotopic (exact) mass is 537 g/mol. The summed E-state index contributed by atoms with van der Waals surface area (Å²) in [5, 5.41) is 8.33. The first-order valence-corrected chi connectivity index (χ1v) is 12.9. The van der Waals surface area contributed by atoms with Crippen molar-refractivity contribution in [3.05, 3.63) is 70.2 Å². The number of carbonyl (C=O) groups excluding carboxylic acids is 2. The molecule has 0 unspecified atom stereocenters. The number of benzene rings is 3. The number of aryl methyl sites for hydroxylation is 1. The second kappa shape index (κ2) is 11.2. The van der Waals surface area contributed by atoms with Gasteiger partial charge < -0.3 is 20.3 Å². The summed E-state index contributed by atoms with van der Waals surface area (Å²) < 4.78 is 6.71. The van der Waals surface area contributed by atoms with Gasteiger partial charge in [-0.1, -0.05) is 60.1 Å². The van der Waals surface area contributed by atoms with Gasteiger partial charge in [0.25, 0.3) is 0 Å². The number of carbonyl (C=O) groups is 2. The number of anilines is 1. The highest BCUT2D eigenvalue weighted by atomic mass is 79.9. The molecular formula is C28H32BrN3O3. The Morgan fingerprint density at radius 2 is 1.97 bits per heavy atom. The number of ether oxygens (including phenoxy) is 1. The zero-order chi connectivity index (χ0) is 24.9. The van der Waals surface area contributed by atoms with E-state index in [0.29, 0.717) is 32.4 Å². The predicted octanol–water partition coefficient (Wildman–Crippen LogP) is 4.96. The van der Waals surface area contributed by atoms with Gasteiger partial charge in [-0.3, -0.25) is 9.59 Å². The third-order valence-corrected chi connectivity index (χ3v) is 7.12. The standard InChI is InChI=1S/C28H32BrN3O3/c1-4-23(30-5-2)27(33)31-24-14-10-18-8-6-7-9-25(18)32(28(24)34)17-22-21-13-12-20(29)16-19(21)11-15-26(22)35-3/h6-9,11-13,15-16,23-24,30H,4-5,10,14,17H2,1-3H3,(H,31,33)/t23-,24-/m0/s1. The Balaban J connectivity index is 1.73. The summed E-state index contributed by atoms with van der Waals surface area (Å²) in [4.78, 5) is 28.7. The molecule has 3 aromatic rings. The van der Waals surface area contributed by atoms with Crippen molar-refractivity contribution in [3.8, 4) is 5.75 Å². The van der Waals surface area contributed by atoms with Crippen LogP contribution in [0.1, 0.15) is 37.8 Å². The van der Waals surface area contributed by atoms with Crippen LogP contribution in [0.25, 0.3) is 10.8 Å². The molecule has 1 aliphatic rings. The van der Waals surface area contributed by atoms with E-state index >= 15 is 0 Å². The van der Waals surface area contributed by atoms with Gasteiger partial charge in [-0.2, -0.15) is 0 Å². The fourth-order valence-corrected chi connectivity index (χ4v) is 5.19. The molecule has 2 atom stereocenters. The maximum atomic E-state index is 13.9. The molecule has 184 valence electrons. The molecule has 4 rings (SSSR count). The minimum Gasteiger partial charge on any atom is -0.496 e. The second-order valence-electron chi connectivity index (χ2n) is 8.78. The number of nitrogens with one attached hydrogen (secondary N) is 2. The van der Waals surface area contributed by atoms with Gasteiger partial charge in [0, 0.05) is 15.7 Å². The molecule has 0 saturated carbocycles. The second-order valence-corrected chi connectivity index (χ2v) is 9.70. The average Bonchev–Trinajstić information content (AvgIpc) is 2.99. The number of hydrogen-bond donors (Lipinski definition) is 2. The molecule has 2 N–H and O–H groups in total. The highest BCUT2D eigenvalue weighted by molar-refractivity contribution is 9.10. The van der Waals surface area contributed by atoms with E-state index in [1.54, 1.807) is 12.0 Å². The third-order valence-electron chi connectivity index (χ3n) is 6.63. The summed E-state index contributed by atoms with van der Waals surface area (Å²) in [6, 6.07) is 17.2. The number of methoxy groups -OCH3 is 1. The van der Waals surface area contributed by atoms with Crippen LogP contribution in [-0.2, 0) is 22.6 Å². The summed E-state index contributed by atoms with van der Waals surface area (Å²) in [5.74, 6) is 0.491. The molecule has 2 amide bonds. The van der Waals surface area contributed by atoms with E-state index in [4.69, 9.17) is 4.74 Å². The van der Waals surface area contributed by atoms with E-state index in [1.165, 1.54) is 0 Å². The van der Waals surface area contributed by atoms with Crippen molar-refractivity contribution >= 4 is 44.2 Å².